The van der Waals surface area contributed by atoms with Gasteiger partial charge in [0.1, 0.15) is 0 Å². The number of nitrogens with one attached hydrogen (secondary N) is 1. The third-order valence-electron chi connectivity index (χ3n) is 4.88. The summed E-state index contributed by atoms with van der Waals surface area (Å²) in [6.07, 6.45) is 1.83. The molecule has 0 saturated heterocycles. The SMILES string of the molecule is CC1C(N)CCC(C(=O)NCc2cc(Br)cs2)C1(C)C. The molecule has 112 valence electrons. The number of hydrogen-bond donors (Lipinski definition) is 2. The lowest BCUT2D eigenvalue weighted by Crippen LogP contribution is -2.51. The lowest BCUT2D eigenvalue weighted by molar-refractivity contribution is -0.132. The van der Waals surface area contributed by atoms with Crippen LogP contribution in [0.5, 0.6) is 0 Å². The highest BCUT2D eigenvalue weighted by Crippen LogP contribution is 2.44. The van der Waals surface area contributed by atoms with E-state index < -0.39 is 0 Å². The summed E-state index contributed by atoms with van der Waals surface area (Å²) in [4.78, 5) is 13.7. The van der Waals surface area contributed by atoms with E-state index in [9.17, 15) is 4.79 Å². The molecule has 3 nitrogen and oxygen atoms in total. The monoisotopic (exact) mass is 358 g/mol. The van der Waals surface area contributed by atoms with E-state index in [1.54, 1.807) is 11.3 Å². The van der Waals surface area contributed by atoms with Crippen LogP contribution in [0.1, 0.15) is 38.5 Å². The van der Waals surface area contributed by atoms with E-state index in [4.69, 9.17) is 5.73 Å². The molecule has 0 spiro atoms. The van der Waals surface area contributed by atoms with Crippen molar-refractivity contribution in [2.75, 3.05) is 0 Å². The summed E-state index contributed by atoms with van der Waals surface area (Å²) in [5.74, 6) is 0.585. The molecule has 1 amide bonds. The van der Waals surface area contributed by atoms with E-state index >= 15 is 0 Å². The summed E-state index contributed by atoms with van der Waals surface area (Å²) in [5, 5.41) is 5.12. The molecule has 1 aromatic rings. The smallest absolute Gasteiger partial charge is 0.223 e. The first-order chi connectivity index (χ1) is 9.32. The predicted molar refractivity (Wildman–Crippen MR) is 87.5 cm³/mol. The van der Waals surface area contributed by atoms with Crippen LogP contribution in [0.15, 0.2) is 15.9 Å². The minimum absolute atomic E-state index is 0.0439. The molecule has 1 heterocycles. The van der Waals surface area contributed by atoms with E-state index in [1.165, 1.54) is 4.88 Å². The van der Waals surface area contributed by atoms with E-state index in [1.807, 2.05) is 5.38 Å². The average Bonchev–Trinajstić information content (AvgIpc) is 2.79. The Labute approximate surface area is 133 Å². The minimum atomic E-state index is -0.0439. The van der Waals surface area contributed by atoms with Crippen LogP contribution in [-0.4, -0.2) is 11.9 Å². The van der Waals surface area contributed by atoms with E-state index in [2.05, 4.69) is 48.1 Å². The number of amides is 1. The van der Waals surface area contributed by atoms with Gasteiger partial charge >= 0.3 is 0 Å². The van der Waals surface area contributed by atoms with Crippen LogP contribution in [0.4, 0.5) is 0 Å². The van der Waals surface area contributed by atoms with Crippen molar-refractivity contribution in [2.45, 2.75) is 46.2 Å². The Morgan fingerprint density at radius 1 is 1.55 bits per heavy atom. The zero-order valence-corrected chi connectivity index (χ0v) is 14.7. The average molecular weight is 359 g/mol. The van der Waals surface area contributed by atoms with Gasteiger partial charge in [0.05, 0.1) is 6.54 Å². The lowest BCUT2D eigenvalue weighted by Gasteiger charge is -2.46. The topological polar surface area (TPSA) is 55.1 Å². The van der Waals surface area contributed by atoms with Crippen molar-refractivity contribution in [1.29, 1.82) is 0 Å². The Morgan fingerprint density at radius 3 is 2.85 bits per heavy atom. The number of thiophene rings is 1. The fourth-order valence-corrected chi connectivity index (χ4v) is 4.45. The second-order valence-corrected chi connectivity index (χ2v) is 8.26. The van der Waals surface area contributed by atoms with Crippen LogP contribution < -0.4 is 11.1 Å². The summed E-state index contributed by atoms with van der Waals surface area (Å²) in [7, 11) is 0. The lowest BCUT2D eigenvalue weighted by atomic mass is 9.61. The van der Waals surface area contributed by atoms with Crippen molar-refractivity contribution in [3.05, 3.63) is 20.8 Å². The van der Waals surface area contributed by atoms with Crippen molar-refractivity contribution < 1.29 is 4.79 Å². The van der Waals surface area contributed by atoms with Crippen molar-refractivity contribution >= 4 is 33.2 Å². The van der Waals surface area contributed by atoms with Gasteiger partial charge < -0.3 is 11.1 Å². The van der Waals surface area contributed by atoms with Crippen molar-refractivity contribution in [1.82, 2.24) is 5.32 Å². The van der Waals surface area contributed by atoms with Crippen LogP contribution in [0.25, 0.3) is 0 Å². The highest BCUT2D eigenvalue weighted by atomic mass is 79.9. The second kappa shape index (κ2) is 6.16. The summed E-state index contributed by atoms with van der Waals surface area (Å²) in [6, 6.07) is 2.26. The van der Waals surface area contributed by atoms with Gasteiger partial charge in [0.2, 0.25) is 5.91 Å². The fraction of sp³-hybridized carbons (Fsp3) is 0.667. The van der Waals surface area contributed by atoms with E-state index in [0.29, 0.717) is 12.5 Å². The van der Waals surface area contributed by atoms with E-state index in [0.717, 1.165) is 17.3 Å². The first kappa shape index (κ1) is 16.0. The zero-order valence-electron chi connectivity index (χ0n) is 12.3. The van der Waals surface area contributed by atoms with Gasteiger partial charge in [-0.1, -0.05) is 20.8 Å². The molecule has 0 aliphatic heterocycles. The first-order valence-corrected chi connectivity index (χ1v) is 8.76. The molecule has 1 saturated carbocycles. The fourth-order valence-electron chi connectivity index (χ4n) is 3.06. The number of rotatable bonds is 3. The van der Waals surface area contributed by atoms with Gasteiger partial charge in [-0.15, -0.1) is 11.3 Å². The molecule has 0 radical (unpaired) electrons. The highest BCUT2D eigenvalue weighted by molar-refractivity contribution is 9.10. The largest absolute Gasteiger partial charge is 0.351 e. The molecular formula is C15H23BrN2OS. The summed E-state index contributed by atoms with van der Waals surface area (Å²) < 4.78 is 1.07. The third-order valence-corrected chi connectivity index (χ3v) is 6.58. The summed E-state index contributed by atoms with van der Waals surface area (Å²) in [5.41, 5.74) is 6.10. The van der Waals surface area contributed by atoms with Crippen LogP contribution in [0.3, 0.4) is 0 Å². The second-order valence-electron chi connectivity index (χ2n) is 6.35. The molecule has 20 heavy (non-hydrogen) atoms. The first-order valence-electron chi connectivity index (χ1n) is 7.08. The van der Waals surface area contributed by atoms with Gasteiger partial charge in [-0.25, -0.2) is 0 Å². The Morgan fingerprint density at radius 2 is 2.25 bits per heavy atom. The Balaban J connectivity index is 1.98. The molecule has 0 aromatic carbocycles. The molecule has 2 rings (SSSR count). The molecule has 3 unspecified atom stereocenters. The van der Waals surface area contributed by atoms with Gasteiger partial charge in [0.25, 0.3) is 0 Å². The molecule has 1 aromatic heterocycles. The van der Waals surface area contributed by atoms with Gasteiger partial charge in [-0.3, -0.25) is 4.79 Å². The molecule has 3 atom stereocenters. The quantitative estimate of drug-likeness (QED) is 0.868. The van der Waals surface area contributed by atoms with Crippen LogP contribution in [0.2, 0.25) is 0 Å². The number of carbonyl (C=O) groups is 1. The van der Waals surface area contributed by atoms with E-state index in [-0.39, 0.29) is 23.3 Å². The number of carbonyl (C=O) groups excluding carboxylic acids is 1. The number of hydrogen-bond acceptors (Lipinski definition) is 3. The van der Waals surface area contributed by atoms with Crippen LogP contribution >= 0.6 is 27.3 Å². The number of nitrogens with two attached hydrogens (primary N) is 1. The van der Waals surface area contributed by atoms with Crippen molar-refractivity contribution in [3.8, 4) is 0 Å². The minimum Gasteiger partial charge on any atom is -0.351 e. The molecule has 5 heteroatoms. The maximum Gasteiger partial charge on any atom is 0.223 e. The molecular weight excluding hydrogens is 336 g/mol. The van der Waals surface area contributed by atoms with Crippen molar-refractivity contribution in [3.63, 3.8) is 0 Å². The Kier molecular flexibility index (Phi) is 4.92. The third kappa shape index (κ3) is 3.26. The standard InChI is InChI=1S/C15H23BrN2OS/c1-9-13(17)5-4-12(15(9,2)3)14(19)18-7-11-6-10(16)8-20-11/h6,8-9,12-13H,4-5,7,17H2,1-3H3,(H,18,19). The number of halogens is 1. The zero-order chi connectivity index (χ0) is 14.9. The van der Waals surface area contributed by atoms with Crippen LogP contribution in [0, 0.1) is 17.3 Å². The van der Waals surface area contributed by atoms with Crippen LogP contribution in [-0.2, 0) is 11.3 Å². The molecule has 1 aliphatic carbocycles. The molecule has 1 aliphatic rings. The molecule has 1 fully saturated rings. The van der Waals surface area contributed by atoms with Gasteiger partial charge in [-0.2, -0.15) is 0 Å². The summed E-state index contributed by atoms with van der Waals surface area (Å²) >= 11 is 5.09. The maximum absolute atomic E-state index is 12.5. The van der Waals surface area contributed by atoms with Gasteiger partial charge in [-0.05, 0) is 46.2 Å². The summed E-state index contributed by atoms with van der Waals surface area (Å²) in [6.45, 7) is 7.12. The molecule has 0 bridgehead atoms. The maximum atomic E-state index is 12.5. The van der Waals surface area contributed by atoms with Gasteiger partial charge in [0, 0.05) is 26.7 Å². The van der Waals surface area contributed by atoms with Gasteiger partial charge in [0.15, 0.2) is 0 Å². The predicted octanol–water partition coefficient (Wildman–Crippen LogP) is 3.53. The Bertz CT molecular complexity index is 486. The normalized spacial score (nSPS) is 29.1. The highest BCUT2D eigenvalue weighted by Gasteiger charge is 2.44. The van der Waals surface area contributed by atoms with Crippen molar-refractivity contribution in [2.24, 2.45) is 23.0 Å². The Hall–Kier alpha value is -0.390. The molecule has 3 N–H and O–H groups in total.